The van der Waals surface area contributed by atoms with Gasteiger partial charge in [-0.15, -0.1) is 0 Å². The summed E-state index contributed by atoms with van der Waals surface area (Å²) in [5.41, 5.74) is 5.42. The second-order valence-corrected chi connectivity index (χ2v) is 7.76. The Morgan fingerprint density at radius 1 is 1.30 bits per heavy atom. The van der Waals surface area contributed by atoms with Gasteiger partial charge in [0, 0.05) is 19.0 Å². The summed E-state index contributed by atoms with van der Waals surface area (Å²) in [5.74, 6) is -0.157. The summed E-state index contributed by atoms with van der Waals surface area (Å²) in [6.07, 6.45) is 3.87. The molecule has 0 aromatic carbocycles. The molecular formula is C12H21N3O4S. The van der Waals surface area contributed by atoms with Crippen LogP contribution in [0, 0.1) is 0 Å². The Morgan fingerprint density at radius 2 is 2.00 bits per heavy atom. The van der Waals surface area contributed by atoms with E-state index < -0.39 is 15.1 Å². The van der Waals surface area contributed by atoms with Crippen LogP contribution in [0.5, 0.6) is 0 Å². The predicted molar refractivity (Wildman–Crippen MR) is 74.2 cm³/mol. The van der Waals surface area contributed by atoms with Crippen molar-refractivity contribution in [3.63, 3.8) is 0 Å². The monoisotopic (exact) mass is 303 g/mol. The van der Waals surface area contributed by atoms with Gasteiger partial charge < -0.3 is 15.8 Å². The van der Waals surface area contributed by atoms with Gasteiger partial charge in [-0.2, -0.15) is 0 Å². The van der Waals surface area contributed by atoms with Crippen LogP contribution < -0.4 is 5.73 Å². The topological polar surface area (TPSA) is 113 Å². The number of amides is 1. The molecule has 3 N–H and O–H groups in total. The predicted octanol–water partition coefficient (Wildman–Crippen LogP) is 0.0812. The summed E-state index contributed by atoms with van der Waals surface area (Å²) in [5, 5.41) is 10.5. The number of rotatable bonds is 5. The fourth-order valence-electron chi connectivity index (χ4n) is 2.56. The van der Waals surface area contributed by atoms with Crippen LogP contribution >= 0.6 is 0 Å². The zero-order valence-electron chi connectivity index (χ0n) is 11.4. The average molecular weight is 303 g/mol. The maximum atomic E-state index is 12.5. The van der Waals surface area contributed by atoms with Gasteiger partial charge in [0.2, 0.25) is 5.91 Å². The molecule has 7 nitrogen and oxygen atoms in total. The van der Waals surface area contributed by atoms with E-state index in [-0.39, 0.29) is 30.0 Å². The largest absolute Gasteiger partial charge is 0.409 e. The Hall–Kier alpha value is -1.31. The van der Waals surface area contributed by atoms with Crippen LogP contribution in [-0.4, -0.2) is 53.9 Å². The summed E-state index contributed by atoms with van der Waals surface area (Å²) in [6.45, 7) is 0.311. The van der Waals surface area contributed by atoms with E-state index in [9.17, 15) is 13.2 Å². The highest BCUT2D eigenvalue weighted by Crippen LogP contribution is 2.30. The Bertz CT molecular complexity index is 499. The van der Waals surface area contributed by atoms with Crippen molar-refractivity contribution in [2.24, 2.45) is 10.9 Å². The molecule has 0 spiro atoms. The summed E-state index contributed by atoms with van der Waals surface area (Å²) >= 11 is 0. The van der Waals surface area contributed by atoms with Crippen LogP contribution in [0.3, 0.4) is 0 Å². The van der Waals surface area contributed by atoms with Crippen LogP contribution in [0.15, 0.2) is 5.16 Å². The highest BCUT2D eigenvalue weighted by Gasteiger charge is 2.41. The first-order valence-electron chi connectivity index (χ1n) is 6.94. The van der Waals surface area contributed by atoms with Crippen molar-refractivity contribution >= 4 is 21.6 Å². The van der Waals surface area contributed by atoms with E-state index in [1.54, 1.807) is 4.90 Å². The molecule has 2 fully saturated rings. The molecule has 1 amide bonds. The standard InChI is InChI=1S/C12H21N3O4S/c13-11(14-17)6-7-15(9-4-5-9)12(16)10-3-1-2-8-20(10,18)19/h9-10,17H,1-8H2,(H2,13,14). The van der Waals surface area contributed by atoms with Crippen molar-refractivity contribution in [2.45, 2.75) is 49.8 Å². The number of hydrogen-bond acceptors (Lipinski definition) is 5. The lowest BCUT2D eigenvalue weighted by Gasteiger charge is -2.29. The molecule has 1 atom stereocenters. The molecule has 0 aromatic heterocycles. The van der Waals surface area contributed by atoms with Gasteiger partial charge in [0.1, 0.15) is 11.1 Å². The minimum absolute atomic E-state index is 0.0509. The molecule has 8 heteroatoms. The number of sulfone groups is 1. The van der Waals surface area contributed by atoms with Crippen LogP contribution in [-0.2, 0) is 14.6 Å². The third-order valence-electron chi connectivity index (χ3n) is 3.86. The molecule has 1 aliphatic carbocycles. The van der Waals surface area contributed by atoms with E-state index in [1.807, 2.05) is 0 Å². The molecule has 0 bridgehead atoms. The lowest BCUT2D eigenvalue weighted by molar-refractivity contribution is -0.131. The van der Waals surface area contributed by atoms with E-state index in [0.29, 0.717) is 19.4 Å². The molecular weight excluding hydrogens is 282 g/mol. The van der Waals surface area contributed by atoms with Crippen LogP contribution in [0.25, 0.3) is 0 Å². The number of nitrogens with two attached hydrogens (primary N) is 1. The first kappa shape index (κ1) is 15.1. The molecule has 114 valence electrons. The average Bonchev–Trinajstić information content (AvgIpc) is 3.22. The van der Waals surface area contributed by atoms with E-state index in [4.69, 9.17) is 10.9 Å². The van der Waals surface area contributed by atoms with Crippen LogP contribution in [0.2, 0.25) is 0 Å². The van der Waals surface area contributed by atoms with Gasteiger partial charge in [0.15, 0.2) is 9.84 Å². The summed E-state index contributed by atoms with van der Waals surface area (Å²) in [6, 6.07) is 0.117. The normalized spacial score (nSPS) is 26.2. The molecule has 1 saturated heterocycles. The fourth-order valence-corrected chi connectivity index (χ4v) is 4.42. The minimum atomic E-state index is -3.32. The summed E-state index contributed by atoms with van der Waals surface area (Å²) < 4.78 is 24.1. The number of amidine groups is 1. The van der Waals surface area contributed by atoms with Crippen molar-refractivity contribution in [1.82, 2.24) is 4.90 Å². The van der Waals surface area contributed by atoms with Crippen molar-refractivity contribution in [3.8, 4) is 0 Å². The Morgan fingerprint density at radius 3 is 2.55 bits per heavy atom. The maximum absolute atomic E-state index is 12.5. The fraction of sp³-hybridized carbons (Fsp3) is 0.833. The van der Waals surface area contributed by atoms with E-state index in [2.05, 4.69) is 5.16 Å². The summed E-state index contributed by atoms with van der Waals surface area (Å²) in [7, 11) is -3.32. The van der Waals surface area contributed by atoms with Gasteiger partial charge in [-0.3, -0.25) is 4.79 Å². The Kier molecular flexibility index (Phi) is 4.52. The second-order valence-electron chi connectivity index (χ2n) is 5.46. The van der Waals surface area contributed by atoms with E-state index in [1.165, 1.54) is 0 Å². The number of oxime groups is 1. The number of carbonyl (C=O) groups excluding carboxylic acids is 1. The van der Waals surface area contributed by atoms with E-state index in [0.717, 1.165) is 19.3 Å². The molecule has 1 unspecified atom stereocenters. The number of hydrogen-bond donors (Lipinski definition) is 2. The lowest BCUT2D eigenvalue weighted by Crippen LogP contribution is -2.47. The quantitative estimate of drug-likeness (QED) is 0.323. The molecule has 1 saturated carbocycles. The molecule has 0 radical (unpaired) electrons. The van der Waals surface area contributed by atoms with Gasteiger partial charge >= 0.3 is 0 Å². The van der Waals surface area contributed by atoms with Gasteiger partial charge in [-0.05, 0) is 25.7 Å². The van der Waals surface area contributed by atoms with Gasteiger partial charge in [0.05, 0.1) is 5.75 Å². The van der Waals surface area contributed by atoms with Crippen molar-refractivity contribution in [1.29, 1.82) is 0 Å². The molecule has 2 aliphatic rings. The minimum Gasteiger partial charge on any atom is -0.409 e. The van der Waals surface area contributed by atoms with Gasteiger partial charge in [-0.1, -0.05) is 11.6 Å². The van der Waals surface area contributed by atoms with Gasteiger partial charge in [-0.25, -0.2) is 8.42 Å². The number of nitrogens with zero attached hydrogens (tertiary/aromatic N) is 2. The third-order valence-corrected chi connectivity index (χ3v) is 6.02. The molecule has 1 aliphatic heterocycles. The highest BCUT2D eigenvalue weighted by atomic mass is 32.2. The molecule has 0 aromatic rings. The summed E-state index contributed by atoms with van der Waals surface area (Å²) in [4.78, 5) is 14.1. The first-order valence-corrected chi connectivity index (χ1v) is 8.65. The van der Waals surface area contributed by atoms with Crippen LogP contribution in [0.4, 0.5) is 0 Å². The second kappa shape index (κ2) is 5.99. The highest BCUT2D eigenvalue weighted by molar-refractivity contribution is 7.92. The Labute approximate surface area is 118 Å². The molecule has 1 heterocycles. The van der Waals surface area contributed by atoms with Crippen molar-refractivity contribution in [3.05, 3.63) is 0 Å². The Balaban J connectivity index is 2.06. The smallest absolute Gasteiger partial charge is 0.241 e. The van der Waals surface area contributed by atoms with Crippen LogP contribution in [0.1, 0.15) is 38.5 Å². The molecule has 20 heavy (non-hydrogen) atoms. The SMILES string of the molecule is NC(CCN(C(=O)C1CCCCS1(=O)=O)C1CC1)=NO. The molecule has 2 rings (SSSR count). The van der Waals surface area contributed by atoms with Crippen molar-refractivity contribution < 1.29 is 18.4 Å². The zero-order chi connectivity index (χ0) is 14.8. The van der Waals surface area contributed by atoms with E-state index >= 15 is 0 Å². The number of carbonyl (C=O) groups is 1. The third kappa shape index (κ3) is 3.41. The van der Waals surface area contributed by atoms with Gasteiger partial charge in [0.25, 0.3) is 0 Å². The maximum Gasteiger partial charge on any atom is 0.241 e. The lowest BCUT2D eigenvalue weighted by atomic mass is 10.1. The first-order chi connectivity index (χ1) is 9.45. The van der Waals surface area contributed by atoms with Crippen molar-refractivity contribution in [2.75, 3.05) is 12.3 Å². The zero-order valence-corrected chi connectivity index (χ0v) is 12.2.